The first kappa shape index (κ1) is 17.5. The van der Waals surface area contributed by atoms with Crippen LogP contribution in [0.3, 0.4) is 0 Å². The number of benzene rings is 1. The second-order valence-corrected chi connectivity index (χ2v) is 7.66. The maximum absolute atomic E-state index is 12.7. The second-order valence-electron chi connectivity index (χ2n) is 7.66. The van der Waals surface area contributed by atoms with Crippen molar-refractivity contribution in [1.82, 2.24) is 19.4 Å². The highest BCUT2D eigenvalue weighted by Gasteiger charge is 2.35. The Morgan fingerprint density at radius 1 is 1.26 bits per heavy atom. The van der Waals surface area contributed by atoms with Crippen molar-refractivity contribution in [2.24, 2.45) is 11.8 Å². The first-order valence-corrected chi connectivity index (χ1v) is 9.49. The highest BCUT2D eigenvalue weighted by Crippen LogP contribution is 2.38. The first-order chi connectivity index (χ1) is 13.0. The lowest BCUT2D eigenvalue weighted by atomic mass is 10.2. The van der Waals surface area contributed by atoms with Crippen LogP contribution in [0.4, 0.5) is 10.5 Å². The molecule has 0 bridgehead atoms. The van der Waals surface area contributed by atoms with Crippen LogP contribution in [0.5, 0.6) is 0 Å². The van der Waals surface area contributed by atoms with Crippen LogP contribution in [0.1, 0.15) is 27.2 Å². The third-order valence-corrected chi connectivity index (χ3v) is 5.29. The van der Waals surface area contributed by atoms with Crippen LogP contribution in [0, 0.1) is 11.8 Å². The summed E-state index contributed by atoms with van der Waals surface area (Å²) in [6.07, 6.45) is 4.68. The Bertz CT molecular complexity index is 947. The molecule has 0 unspecified atom stereocenters. The number of hydrogen-bond donors (Lipinski definition) is 1. The molecule has 140 valence electrons. The van der Waals surface area contributed by atoms with Crippen molar-refractivity contribution in [1.29, 1.82) is 0 Å². The summed E-state index contributed by atoms with van der Waals surface area (Å²) in [5.41, 5.74) is 2.63. The van der Waals surface area contributed by atoms with Gasteiger partial charge in [0.15, 0.2) is 0 Å². The van der Waals surface area contributed by atoms with Crippen LogP contribution in [0.15, 0.2) is 48.9 Å². The van der Waals surface area contributed by atoms with Crippen LogP contribution in [-0.2, 0) is 0 Å². The van der Waals surface area contributed by atoms with E-state index in [0.717, 1.165) is 29.3 Å². The van der Waals surface area contributed by atoms with E-state index in [-0.39, 0.29) is 12.1 Å². The Hall–Kier alpha value is -2.89. The molecule has 0 saturated heterocycles. The van der Waals surface area contributed by atoms with Crippen molar-refractivity contribution in [3.8, 4) is 5.82 Å². The zero-order valence-corrected chi connectivity index (χ0v) is 16.0. The molecule has 2 heterocycles. The predicted molar refractivity (Wildman–Crippen MR) is 107 cm³/mol. The largest absolute Gasteiger partial charge is 0.322 e. The standard InChI is InChI=1S/C21H25N5O/c1-14(2)25(12-16-10-15(16)3)21(27)24-17-8-9-20(22-11-17)26-13-23-18-6-4-5-7-19(18)26/h4-9,11,13-16H,10,12H2,1-3H3,(H,24,27)/t15-,16-/m1/s1. The van der Waals surface area contributed by atoms with E-state index in [1.54, 1.807) is 12.5 Å². The van der Waals surface area contributed by atoms with Crippen molar-refractivity contribution in [3.05, 3.63) is 48.9 Å². The van der Waals surface area contributed by atoms with E-state index in [4.69, 9.17) is 0 Å². The molecule has 6 nitrogen and oxygen atoms in total. The van der Waals surface area contributed by atoms with E-state index < -0.39 is 0 Å². The molecule has 1 saturated carbocycles. The molecule has 1 fully saturated rings. The maximum Gasteiger partial charge on any atom is 0.322 e. The number of pyridine rings is 1. The van der Waals surface area contributed by atoms with Gasteiger partial charge in [-0.2, -0.15) is 0 Å². The highest BCUT2D eigenvalue weighted by atomic mass is 16.2. The summed E-state index contributed by atoms with van der Waals surface area (Å²) in [5, 5.41) is 2.98. The molecule has 3 aromatic rings. The molecule has 1 aliphatic carbocycles. The second kappa shape index (κ2) is 7.02. The monoisotopic (exact) mass is 363 g/mol. The fraction of sp³-hybridized carbons (Fsp3) is 0.381. The summed E-state index contributed by atoms with van der Waals surface area (Å²) >= 11 is 0. The molecule has 0 spiro atoms. The van der Waals surface area contributed by atoms with E-state index in [2.05, 4.69) is 36.1 Å². The number of rotatable bonds is 5. The topological polar surface area (TPSA) is 63.1 Å². The Morgan fingerprint density at radius 3 is 2.70 bits per heavy atom. The van der Waals surface area contributed by atoms with Gasteiger partial charge in [-0.25, -0.2) is 14.8 Å². The molecule has 6 heteroatoms. The van der Waals surface area contributed by atoms with Crippen molar-refractivity contribution < 1.29 is 4.79 Å². The van der Waals surface area contributed by atoms with Crippen LogP contribution in [0.25, 0.3) is 16.9 Å². The van der Waals surface area contributed by atoms with Gasteiger partial charge >= 0.3 is 6.03 Å². The molecule has 0 aliphatic heterocycles. The number of nitrogens with zero attached hydrogens (tertiary/aromatic N) is 4. The van der Waals surface area contributed by atoms with Gasteiger partial charge in [-0.15, -0.1) is 0 Å². The SMILES string of the molecule is CC(C)N(C[C@H]1C[C@H]1C)C(=O)Nc1ccc(-n2cnc3ccccc32)nc1. The number of carbonyl (C=O) groups is 1. The van der Waals surface area contributed by atoms with Crippen molar-refractivity contribution in [3.63, 3.8) is 0 Å². The summed E-state index contributed by atoms with van der Waals surface area (Å²) in [5.74, 6) is 2.13. The van der Waals surface area contributed by atoms with E-state index in [1.165, 1.54) is 6.42 Å². The third-order valence-electron chi connectivity index (χ3n) is 5.29. The van der Waals surface area contributed by atoms with E-state index in [0.29, 0.717) is 11.6 Å². The van der Waals surface area contributed by atoms with Gasteiger partial charge in [0.05, 0.1) is 22.9 Å². The van der Waals surface area contributed by atoms with Crippen molar-refractivity contribution in [2.75, 3.05) is 11.9 Å². The predicted octanol–water partition coefficient (Wildman–Crippen LogP) is 4.32. The Morgan fingerprint density at radius 2 is 2.04 bits per heavy atom. The third kappa shape index (κ3) is 3.65. The van der Waals surface area contributed by atoms with Crippen LogP contribution in [0.2, 0.25) is 0 Å². The minimum Gasteiger partial charge on any atom is -0.322 e. The Kier molecular flexibility index (Phi) is 4.56. The summed E-state index contributed by atoms with van der Waals surface area (Å²) in [4.78, 5) is 23.5. The molecular weight excluding hydrogens is 338 g/mol. The molecular formula is C21H25N5O. The summed E-state index contributed by atoms with van der Waals surface area (Å²) in [7, 11) is 0. The van der Waals surface area contributed by atoms with Gasteiger partial charge in [0.1, 0.15) is 12.1 Å². The van der Waals surface area contributed by atoms with Crippen LogP contribution >= 0.6 is 0 Å². The molecule has 1 aliphatic rings. The molecule has 0 radical (unpaired) electrons. The number of para-hydroxylation sites is 2. The van der Waals surface area contributed by atoms with Crippen LogP contribution < -0.4 is 5.32 Å². The highest BCUT2D eigenvalue weighted by molar-refractivity contribution is 5.89. The molecule has 1 N–H and O–H groups in total. The van der Waals surface area contributed by atoms with Crippen molar-refractivity contribution >= 4 is 22.8 Å². The quantitative estimate of drug-likeness (QED) is 0.734. The summed E-state index contributed by atoms with van der Waals surface area (Å²) in [6.45, 7) is 7.16. The van der Waals surface area contributed by atoms with Gasteiger partial charge in [0, 0.05) is 12.6 Å². The zero-order chi connectivity index (χ0) is 19.0. The van der Waals surface area contributed by atoms with Gasteiger partial charge < -0.3 is 10.2 Å². The molecule has 27 heavy (non-hydrogen) atoms. The molecule has 2 atom stereocenters. The lowest BCUT2D eigenvalue weighted by Gasteiger charge is -2.27. The maximum atomic E-state index is 12.7. The minimum absolute atomic E-state index is 0.0632. The normalized spacial score (nSPS) is 18.7. The van der Waals surface area contributed by atoms with Gasteiger partial charge in [-0.3, -0.25) is 4.57 Å². The van der Waals surface area contributed by atoms with Crippen LogP contribution in [-0.4, -0.2) is 38.1 Å². The van der Waals surface area contributed by atoms with E-state index in [9.17, 15) is 4.79 Å². The molecule has 2 aromatic heterocycles. The van der Waals surface area contributed by atoms with Gasteiger partial charge in [-0.1, -0.05) is 19.1 Å². The fourth-order valence-corrected chi connectivity index (χ4v) is 3.37. The Balaban J connectivity index is 1.48. The van der Waals surface area contributed by atoms with Crippen molar-refractivity contribution in [2.45, 2.75) is 33.2 Å². The smallest absolute Gasteiger partial charge is 0.322 e. The zero-order valence-electron chi connectivity index (χ0n) is 16.0. The summed E-state index contributed by atoms with van der Waals surface area (Å²) < 4.78 is 1.94. The number of urea groups is 1. The number of anilines is 1. The lowest BCUT2D eigenvalue weighted by molar-refractivity contribution is 0.193. The first-order valence-electron chi connectivity index (χ1n) is 9.49. The lowest BCUT2D eigenvalue weighted by Crippen LogP contribution is -2.41. The van der Waals surface area contributed by atoms with Gasteiger partial charge in [0.25, 0.3) is 0 Å². The number of aromatic nitrogens is 3. The van der Waals surface area contributed by atoms with E-state index in [1.807, 2.05) is 45.9 Å². The number of nitrogens with one attached hydrogen (secondary N) is 1. The molecule has 2 amide bonds. The Labute approximate surface area is 159 Å². The van der Waals surface area contributed by atoms with Gasteiger partial charge in [-0.05, 0) is 56.4 Å². The fourth-order valence-electron chi connectivity index (χ4n) is 3.37. The molecule has 4 rings (SSSR count). The number of amides is 2. The number of fused-ring (bicyclic) bond motifs is 1. The molecule has 1 aromatic carbocycles. The average molecular weight is 363 g/mol. The average Bonchev–Trinajstić information content (AvgIpc) is 3.19. The van der Waals surface area contributed by atoms with Gasteiger partial charge in [0.2, 0.25) is 0 Å². The number of imidazole rings is 1. The summed E-state index contributed by atoms with van der Waals surface area (Å²) in [6, 6.07) is 11.8. The van der Waals surface area contributed by atoms with E-state index >= 15 is 0 Å². The number of hydrogen-bond acceptors (Lipinski definition) is 3. The number of carbonyl (C=O) groups excluding carboxylic acids is 1. The minimum atomic E-state index is -0.0632.